The number of hydrogen-bond acceptors (Lipinski definition) is 4. The summed E-state index contributed by atoms with van der Waals surface area (Å²) in [6, 6.07) is 18.1. The number of carbonyl (C=O) groups excluding carboxylic acids is 2. The second kappa shape index (κ2) is 11.2. The minimum atomic E-state index is -1.29. The number of amides is 2. The third-order valence-corrected chi connectivity index (χ3v) is 6.66. The van der Waals surface area contributed by atoms with Gasteiger partial charge in [-0.15, -0.1) is 0 Å². The van der Waals surface area contributed by atoms with Crippen LogP contribution in [0, 0.1) is 5.41 Å². The molecular formula is C26H34N2O4. The van der Waals surface area contributed by atoms with Gasteiger partial charge in [0, 0.05) is 0 Å². The van der Waals surface area contributed by atoms with Crippen LogP contribution in [0.25, 0.3) is 0 Å². The van der Waals surface area contributed by atoms with Gasteiger partial charge in [-0.2, -0.15) is 0 Å². The summed E-state index contributed by atoms with van der Waals surface area (Å²) in [6.07, 6.45) is 4.13. The van der Waals surface area contributed by atoms with Crippen LogP contribution < -0.4 is 5.73 Å². The van der Waals surface area contributed by atoms with Gasteiger partial charge in [0.1, 0.15) is 5.41 Å². The number of nitrogens with two attached hydrogens (primary N) is 1. The molecule has 1 aliphatic carbocycles. The van der Waals surface area contributed by atoms with E-state index < -0.39 is 23.4 Å². The Morgan fingerprint density at radius 1 is 0.812 bits per heavy atom. The Hall–Kier alpha value is -2.70. The lowest BCUT2D eigenvalue weighted by Crippen LogP contribution is -2.60. The third kappa shape index (κ3) is 5.37. The molecule has 0 saturated heterocycles. The van der Waals surface area contributed by atoms with Crippen LogP contribution in [0.5, 0.6) is 0 Å². The highest BCUT2D eigenvalue weighted by atomic mass is 16.3. The first-order chi connectivity index (χ1) is 15.5. The van der Waals surface area contributed by atoms with E-state index in [0.717, 1.165) is 30.4 Å². The fourth-order valence-corrected chi connectivity index (χ4v) is 4.87. The number of nitrogens with zero attached hydrogens (tertiary/aromatic N) is 1. The van der Waals surface area contributed by atoms with Crippen molar-refractivity contribution in [2.45, 2.75) is 57.0 Å². The summed E-state index contributed by atoms with van der Waals surface area (Å²) in [5, 5.41) is 20.7. The second-order valence-electron chi connectivity index (χ2n) is 8.77. The third-order valence-electron chi connectivity index (χ3n) is 6.66. The van der Waals surface area contributed by atoms with Crippen LogP contribution in [0.4, 0.5) is 0 Å². The normalized spacial score (nSPS) is 17.3. The Morgan fingerprint density at radius 2 is 1.25 bits per heavy atom. The lowest BCUT2D eigenvalue weighted by atomic mass is 9.71. The van der Waals surface area contributed by atoms with E-state index in [-0.39, 0.29) is 19.1 Å². The largest absolute Gasteiger partial charge is 0.394 e. The van der Waals surface area contributed by atoms with Crippen molar-refractivity contribution in [1.82, 2.24) is 4.90 Å². The van der Waals surface area contributed by atoms with Crippen molar-refractivity contribution in [3.63, 3.8) is 0 Å². The highest BCUT2D eigenvalue weighted by Gasteiger charge is 2.49. The number of aliphatic hydroxyl groups excluding tert-OH is 2. The first kappa shape index (κ1) is 24.0. The lowest BCUT2D eigenvalue weighted by Gasteiger charge is -2.44. The van der Waals surface area contributed by atoms with Crippen LogP contribution in [-0.4, -0.2) is 52.2 Å². The number of rotatable bonds is 10. The van der Waals surface area contributed by atoms with Gasteiger partial charge < -0.3 is 20.8 Å². The number of primary amides is 1. The van der Waals surface area contributed by atoms with Crippen LogP contribution in [0.1, 0.15) is 43.2 Å². The van der Waals surface area contributed by atoms with E-state index in [1.165, 1.54) is 0 Å². The van der Waals surface area contributed by atoms with Crippen molar-refractivity contribution in [3.05, 3.63) is 71.8 Å². The first-order valence-electron chi connectivity index (χ1n) is 11.4. The molecule has 172 valence electrons. The summed E-state index contributed by atoms with van der Waals surface area (Å²) < 4.78 is 0. The molecular weight excluding hydrogens is 404 g/mol. The van der Waals surface area contributed by atoms with Crippen LogP contribution in [-0.2, 0) is 22.4 Å². The topological polar surface area (TPSA) is 104 Å². The van der Waals surface area contributed by atoms with Crippen molar-refractivity contribution in [1.29, 1.82) is 0 Å². The highest BCUT2D eigenvalue weighted by Crippen LogP contribution is 2.39. The molecule has 1 fully saturated rings. The van der Waals surface area contributed by atoms with Gasteiger partial charge in [0.05, 0.1) is 25.3 Å². The number of hydrogen-bond donors (Lipinski definition) is 3. The molecule has 2 aromatic carbocycles. The van der Waals surface area contributed by atoms with Gasteiger partial charge in [-0.05, 0) is 36.8 Å². The molecule has 2 atom stereocenters. The molecule has 1 saturated carbocycles. The maximum Gasteiger partial charge on any atom is 0.238 e. The van der Waals surface area contributed by atoms with Gasteiger partial charge in [-0.1, -0.05) is 79.9 Å². The number of aliphatic hydroxyl groups is 2. The minimum Gasteiger partial charge on any atom is -0.394 e. The van der Waals surface area contributed by atoms with E-state index in [1.54, 1.807) is 4.90 Å². The maximum atomic E-state index is 14.0. The standard InChI is InChI=1S/C26H34N2O4/c27-24(31)26(14-8-3-9-15-26)25(32)28(22(18-29)16-20-10-4-1-5-11-20)23(19-30)17-21-12-6-2-7-13-21/h1-2,4-7,10-13,22-23,29-30H,3,8-9,14-19H2,(H2,27,31)/t22-,23-/m1/s1. The fourth-order valence-electron chi connectivity index (χ4n) is 4.87. The Morgan fingerprint density at radius 3 is 1.62 bits per heavy atom. The predicted octanol–water partition coefficient (Wildman–Crippen LogP) is 2.46. The SMILES string of the molecule is NC(=O)C1(C(=O)N([C@@H](CO)Cc2ccccc2)[C@@H](CO)Cc2ccccc2)CCCCC1. The summed E-state index contributed by atoms with van der Waals surface area (Å²) in [5.74, 6) is -0.977. The van der Waals surface area contributed by atoms with Crippen molar-refractivity contribution in [2.24, 2.45) is 11.1 Å². The Balaban J connectivity index is 2.00. The molecule has 0 bridgehead atoms. The van der Waals surface area contributed by atoms with Gasteiger partial charge in [-0.3, -0.25) is 9.59 Å². The monoisotopic (exact) mass is 438 g/mol. The van der Waals surface area contributed by atoms with Gasteiger partial charge >= 0.3 is 0 Å². The maximum absolute atomic E-state index is 14.0. The fraction of sp³-hybridized carbons (Fsp3) is 0.462. The van der Waals surface area contributed by atoms with E-state index in [0.29, 0.717) is 25.7 Å². The average Bonchev–Trinajstić information content (AvgIpc) is 2.84. The Kier molecular flexibility index (Phi) is 8.42. The molecule has 0 spiro atoms. The molecule has 6 nitrogen and oxygen atoms in total. The van der Waals surface area contributed by atoms with Gasteiger partial charge in [0.15, 0.2) is 0 Å². The van der Waals surface area contributed by atoms with Crippen molar-refractivity contribution in [3.8, 4) is 0 Å². The summed E-state index contributed by atoms with van der Waals surface area (Å²) in [6.45, 7) is -0.554. The van der Waals surface area contributed by atoms with E-state index in [9.17, 15) is 19.8 Å². The van der Waals surface area contributed by atoms with Gasteiger partial charge in [0.25, 0.3) is 0 Å². The first-order valence-corrected chi connectivity index (χ1v) is 11.4. The zero-order valence-corrected chi connectivity index (χ0v) is 18.5. The smallest absolute Gasteiger partial charge is 0.238 e. The average molecular weight is 439 g/mol. The molecule has 4 N–H and O–H groups in total. The lowest BCUT2D eigenvalue weighted by molar-refractivity contribution is -0.157. The minimum absolute atomic E-state index is 0.277. The van der Waals surface area contributed by atoms with Crippen LogP contribution in [0.3, 0.4) is 0 Å². The van der Waals surface area contributed by atoms with Gasteiger partial charge in [0.2, 0.25) is 11.8 Å². The second-order valence-corrected chi connectivity index (χ2v) is 8.77. The van der Waals surface area contributed by atoms with Crippen molar-refractivity contribution in [2.75, 3.05) is 13.2 Å². The number of benzene rings is 2. The quantitative estimate of drug-likeness (QED) is 0.496. The summed E-state index contributed by atoms with van der Waals surface area (Å²) in [7, 11) is 0. The zero-order valence-electron chi connectivity index (χ0n) is 18.5. The predicted molar refractivity (Wildman–Crippen MR) is 124 cm³/mol. The highest BCUT2D eigenvalue weighted by molar-refractivity contribution is 6.04. The zero-order chi connectivity index (χ0) is 23.0. The molecule has 0 aliphatic heterocycles. The molecule has 3 rings (SSSR count). The van der Waals surface area contributed by atoms with Crippen LogP contribution in [0.2, 0.25) is 0 Å². The van der Waals surface area contributed by atoms with E-state index in [2.05, 4.69) is 0 Å². The van der Waals surface area contributed by atoms with Crippen molar-refractivity contribution >= 4 is 11.8 Å². The molecule has 2 aromatic rings. The molecule has 0 aromatic heterocycles. The molecule has 32 heavy (non-hydrogen) atoms. The van der Waals surface area contributed by atoms with E-state index in [4.69, 9.17) is 5.73 Å². The molecule has 0 heterocycles. The summed E-state index contributed by atoms with van der Waals surface area (Å²) in [4.78, 5) is 28.2. The molecule has 0 radical (unpaired) electrons. The van der Waals surface area contributed by atoms with E-state index >= 15 is 0 Å². The number of carbonyl (C=O) groups is 2. The summed E-state index contributed by atoms with van der Waals surface area (Å²) in [5.41, 5.74) is 6.47. The Labute approximate surface area is 190 Å². The summed E-state index contributed by atoms with van der Waals surface area (Å²) >= 11 is 0. The van der Waals surface area contributed by atoms with Crippen molar-refractivity contribution < 1.29 is 19.8 Å². The van der Waals surface area contributed by atoms with Crippen LogP contribution in [0.15, 0.2) is 60.7 Å². The molecule has 0 unspecified atom stereocenters. The van der Waals surface area contributed by atoms with E-state index in [1.807, 2.05) is 60.7 Å². The van der Waals surface area contributed by atoms with Crippen LogP contribution >= 0.6 is 0 Å². The molecule has 6 heteroatoms. The Bertz CT molecular complexity index is 816. The molecule has 2 amide bonds. The molecule has 1 aliphatic rings. The van der Waals surface area contributed by atoms with Gasteiger partial charge in [-0.25, -0.2) is 0 Å².